The molecule has 3 amide bonds. The fraction of sp³-hybridized carbons (Fsp3) is 0.615. The van der Waals surface area contributed by atoms with Gasteiger partial charge in [-0.2, -0.15) is 17.9 Å². The molecule has 2 N–H and O–H groups in total. The van der Waals surface area contributed by atoms with E-state index in [1.165, 1.54) is 23.4 Å². The summed E-state index contributed by atoms with van der Waals surface area (Å²) >= 11 is 0. The maximum Gasteiger partial charge on any atom is 0.416 e. The summed E-state index contributed by atoms with van der Waals surface area (Å²) in [5, 5.41) is 1.24. The van der Waals surface area contributed by atoms with E-state index in [-0.39, 0.29) is 17.4 Å². The molecule has 1 unspecified atom stereocenters. The maximum atomic E-state index is 13.6. The fourth-order valence-electron chi connectivity index (χ4n) is 6.03. The van der Waals surface area contributed by atoms with Crippen molar-refractivity contribution in [1.29, 1.82) is 0 Å². The molecule has 4 heterocycles. The molecule has 0 saturated carbocycles. The molecule has 3 fully saturated rings. The number of benzene rings is 1. The Kier molecular flexibility index (Phi) is 8.00. The fourth-order valence-corrected chi connectivity index (χ4v) is 6.62. The van der Waals surface area contributed by atoms with Crippen LogP contribution in [0.1, 0.15) is 30.9 Å². The van der Waals surface area contributed by atoms with Gasteiger partial charge in [0.15, 0.2) is 0 Å². The van der Waals surface area contributed by atoms with Crippen molar-refractivity contribution in [3.8, 4) is 0 Å². The molecule has 4 aliphatic heterocycles. The third-order valence-electron chi connectivity index (χ3n) is 8.36. The molecule has 0 aromatic heterocycles. The molecule has 1 spiro atoms. The van der Waals surface area contributed by atoms with Crippen molar-refractivity contribution in [2.24, 2.45) is 5.41 Å². The molecular formula is C26H36F3N7O4S. The normalized spacial score (nSPS) is 23.3. The number of halogens is 3. The average Bonchev–Trinajstić information content (AvgIpc) is 3.34. The number of piperidine rings is 1. The number of hydrogen-bond acceptors (Lipinski definition) is 7. The Labute approximate surface area is 237 Å². The van der Waals surface area contributed by atoms with Crippen LogP contribution in [-0.4, -0.2) is 105 Å². The number of nitrogens with zero attached hydrogens (tertiary/aromatic N) is 5. The number of urea groups is 1. The Balaban J connectivity index is 1.19. The van der Waals surface area contributed by atoms with Gasteiger partial charge >= 0.3 is 12.2 Å². The standard InChI is InChI=1S/C26H36F3N7O4S/c1-19(37)33-9-6-25(7-10-33)17-35(18-25)22-15-21(26(27,28)29)4-3-20(22)16-32-11-13-34(14-12-32)24(38)36-8-5-23(30-36)31-41(2,39)40/h3-5,8,15,23,30-31H,6-7,9-14,16-18H2,1-2H3. The van der Waals surface area contributed by atoms with E-state index in [9.17, 15) is 31.2 Å². The highest BCUT2D eigenvalue weighted by molar-refractivity contribution is 7.88. The first kappa shape index (κ1) is 29.6. The Bertz CT molecular complexity index is 1300. The van der Waals surface area contributed by atoms with Crippen molar-refractivity contribution in [1.82, 2.24) is 29.9 Å². The number of likely N-dealkylation sites (tertiary alicyclic amines) is 1. The molecule has 4 aliphatic rings. The number of hydrogen-bond donors (Lipinski definition) is 2. The lowest BCUT2D eigenvalue weighted by Gasteiger charge is -2.55. The van der Waals surface area contributed by atoms with E-state index >= 15 is 0 Å². The summed E-state index contributed by atoms with van der Waals surface area (Å²) in [6.07, 6.45) is 0.592. The van der Waals surface area contributed by atoms with Crippen LogP contribution in [0.4, 0.5) is 23.7 Å². The van der Waals surface area contributed by atoms with Crippen molar-refractivity contribution in [2.75, 3.05) is 63.5 Å². The van der Waals surface area contributed by atoms with Gasteiger partial charge in [0.05, 0.1) is 11.8 Å². The zero-order valence-corrected chi connectivity index (χ0v) is 24.0. The van der Waals surface area contributed by atoms with E-state index in [4.69, 9.17) is 0 Å². The number of amides is 3. The minimum atomic E-state index is -4.44. The van der Waals surface area contributed by atoms with Gasteiger partial charge in [-0.25, -0.2) is 23.6 Å². The van der Waals surface area contributed by atoms with Crippen LogP contribution in [0, 0.1) is 5.41 Å². The zero-order valence-electron chi connectivity index (χ0n) is 23.2. The second-order valence-electron chi connectivity index (χ2n) is 11.5. The first-order valence-corrected chi connectivity index (χ1v) is 15.5. The summed E-state index contributed by atoms with van der Waals surface area (Å²) in [5.41, 5.74) is 3.55. The lowest BCUT2D eigenvalue weighted by Crippen LogP contribution is -2.61. The third-order valence-corrected chi connectivity index (χ3v) is 9.05. The molecule has 5 rings (SSSR count). The van der Waals surface area contributed by atoms with Gasteiger partial charge in [0.2, 0.25) is 15.9 Å². The van der Waals surface area contributed by atoms with Crippen molar-refractivity contribution >= 4 is 27.6 Å². The number of carbonyl (C=O) groups excluding carboxylic acids is 2. The number of hydrazine groups is 1. The number of alkyl halides is 3. The molecule has 0 aliphatic carbocycles. The summed E-state index contributed by atoms with van der Waals surface area (Å²) in [6.45, 7) is 6.64. The lowest BCUT2D eigenvalue weighted by atomic mass is 9.71. The van der Waals surface area contributed by atoms with Gasteiger partial charge in [-0.1, -0.05) is 6.07 Å². The average molecular weight is 600 g/mol. The number of nitrogens with one attached hydrogen (secondary N) is 2. The summed E-state index contributed by atoms with van der Waals surface area (Å²) in [4.78, 5) is 32.2. The van der Waals surface area contributed by atoms with Gasteiger partial charge < -0.3 is 14.7 Å². The van der Waals surface area contributed by atoms with Crippen LogP contribution in [-0.2, 0) is 27.5 Å². The second-order valence-corrected chi connectivity index (χ2v) is 13.2. The molecule has 1 atom stereocenters. The Hall–Kier alpha value is -2.88. The Morgan fingerprint density at radius 2 is 1.71 bits per heavy atom. The molecule has 3 saturated heterocycles. The molecule has 41 heavy (non-hydrogen) atoms. The second kappa shape index (κ2) is 11.1. The number of carbonyl (C=O) groups is 2. The van der Waals surface area contributed by atoms with E-state index in [1.807, 2.05) is 9.80 Å². The van der Waals surface area contributed by atoms with Gasteiger partial charge in [0.1, 0.15) is 6.17 Å². The number of piperazine rings is 1. The minimum Gasteiger partial charge on any atom is -0.370 e. The van der Waals surface area contributed by atoms with Crippen molar-refractivity contribution < 1.29 is 31.2 Å². The molecule has 226 valence electrons. The third kappa shape index (κ3) is 6.79. The number of anilines is 1. The highest BCUT2D eigenvalue weighted by Gasteiger charge is 2.46. The van der Waals surface area contributed by atoms with E-state index in [0.717, 1.165) is 30.7 Å². The maximum absolute atomic E-state index is 13.6. The van der Waals surface area contributed by atoms with E-state index < -0.39 is 27.9 Å². The first-order valence-electron chi connectivity index (χ1n) is 13.6. The molecule has 0 radical (unpaired) electrons. The largest absolute Gasteiger partial charge is 0.416 e. The van der Waals surface area contributed by atoms with Crippen molar-refractivity contribution in [3.63, 3.8) is 0 Å². The smallest absolute Gasteiger partial charge is 0.370 e. The van der Waals surface area contributed by atoms with Gasteiger partial charge in [0.25, 0.3) is 0 Å². The molecule has 1 aromatic carbocycles. The van der Waals surface area contributed by atoms with Crippen molar-refractivity contribution in [3.05, 3.63) is 41.6 Å². The lowest BCUT2D eigenvalue weighted by molar-refractivity contribution is -0.137. The van der Waals surface area contributed by atoms with E-state index in [0.29, 0.717) is 64.6 Å². The predicted molar refractivity (Wildman–Crippen MR) is 146 cm³/mol. The van der Waals surface area contributed by atoms with Gasteiger partial charge in [-0.15, -0.1) is 0 Å². The van der Waals surface area contributed by atoms with E-state index in [2.05, 4.69) is 15.0 Å². The zero-order chi connectivity index (χ0) is 29.6. The summed E-state index contributed by atoms with van der Waals surface area (Å²) in [7, 11) is -3.45. The molecular weight excluding hydrogens is 563 g/mol. The summed E-state index contributed by atoms with van der Waals surface area (Å²) in [6, 6.07) is 3.63. The first-order chi connectivity index (χ1) is 19.2. The van der Waals surface area contributed by atoms with Crippen LogP contribution in [0.3, 0.4) is 0 Å². The predicted octanol–water partition coefficient (Wildman–Crippen LogP) is 1.60. The minimum absolute atomic E-state index is 0.0251. The van der Waals surface area contributed by atoms with E-state index in [1.54, 1.807) is 17.9 Å². The Morgan fingerprint density at radius 3 is 2.29 bits per heavy atom. The van der Waals surface area contributed by atoms with Gasteiger partial charge in [-0.3, -0.25) is 9.69 Å². The van der Waals surface area contributed by atoms with Gasteiger partial charge in [0, 0.05) is 83.1 Å². The van der Waals surface area contributed by atoms with Gasteiger partial charge in [-0.05, 0) is 36.6 Å². The highest BCUT2D eigenvalue weighted by atomic mass is 32.2. The SMILES string of the molecule is CC(=O)N1CCC2(CC1)CN(c1cc(C(F)(F)F)ccc1CN1CCN(C(=O)N3C=CC(NS(C)(=O)=O)N3)CC1)C2. The molecule has 1 aromatic rings. The Morgan fingerprint density at radius 1 is 1.05 bits per heavy atom. The number of sulfonamides is 1. The van der Waals surface area contributed by atoms with Crippen LogP contribution < -0.4 is 15.0 Å². The highest BCUT2D eigenvalue weighted by Crippen LogP contribution is 2.45. The van der Waals surface area contributed by atoms with Crippen LogP contribution in [0.25, 0.3) is 0 Å². The molecule has 0 bridgehead atoms. The van der Waals surface area contributed by atoms with Crippen LogP contribution in [0.2, 0.25) is 0 Å². The quantitative estimate of drug-likeness (QED) is 0.530. The summed E-state index contributed by atoms with van der Waals surface area (Å²) < 4.78 is 66.1. The van der Waals surface area contributed by atoms with Crippen molar-refractivity contribution in [2.45, 2.75) is 38.7 Å². The van der Waals surface area contributed by atoms with Crippen LogP contribution in [0.5, 0.6) is 0 Å². The topological polar surface area (TPSA) is 109 Å². The van der Waals surface area contributed by atoms with Crippen LogP contribution >= 0.6 is 0 Å². The van der Waals surface area contributed by atoms with Crippen LogP contribution in [0.15, 0.2) is 30.5 Å². The molecule has 15 heteroatoms. The monoisotopic (exact) mass is 599 g/mol. The summed E-state index contributed by atoms with van der Waals surface area (Å²) in [5.74, 6) is 0.0549. The number of rotatable bonds is 5. The molecule has 11 nitrogen and oxygen atoms in total.